The summed E-state index contributed by atoms with van der Waals surface area (Å²) in [7, 11) is 0. The van der Waals surface area contributed by atoms with Gasteiger partial charge >= 0.3 is 0 Å². The zero-order valence-corrected chi connectivity index (χ0v) is 18.6. The molecule has 2 aliphatic rings. The molecular formula is C28H25FN2O3. The first-order valence-corrected chi connectivity index (χ1v) is 11.4. The van der Waals surface area contributed by atoms with Crippen molar-refractivity contribution < 1.29 is 19.1 Å². The molecule has 1 aliphatic carbocycles. The summed E-state index contributed by atoms with van der Waals surface area (Å²) in [5, 5.41) is 13.0. The topological polar surface area (TPSA) is 69.6 Å². The van der Waals surface area contributed by atoms with Crippen LogP contribution in [0.2, 0.25) is 0 Å². The first-order valence-electron chi connectivity index (χ1n) is 11.4. The minimum Gasteiger partial charge on any atom is -0.396 e. The van der Waals surface area contributed by atoms with E-state index in [4.69, 9.17) is 0 Å². The van der Waals surface area contributed by atoms with Gasteiger partial charge in [0, 0.05) is 17.7 Å². The molecule has 0 bridgehead atoms. The molecule has 0 saturated carbocycles. The molecule has 1 aliphatic heterocycles. The number of halogens is 1. The van der Waals surface area contributed by atoms with Crippen molar-refractivity contribution in [2.24, 2.45) is 0 Å². The molecule has 0 fully saturated rings. The molecule has 2 N–H and O–H groups in total. The van der Waals surface area contributed by atoms with E-state index in [9.17, 15) is 19.1 Å². The van der Waals surface area contributed by atoms with Crippen molar-refractivity contribution in [3.05, 3.63) is 107 Å². The second-order valence-electron chi connectivity index (χ2n) is 8.63. The number of fused-ring (bicyclic) bond motifs is 1. The number of nitrogens with one attached hydrogen (secondary N) is 1. The lowest BCUT2D eigenvalue weighted by Gasteiger charge is -2.35. The Kier molecular flexibility index (Phi) is 5.99. The normalized spacial score (nSPS) is 19.7. The van der Waals surface area contributed by atoms with E-state index in [2.05, 4.69) is 5.32 Å². The summed E-state index contributed by atoms with van der Waals surface area (Å²) in [4.78, 5) is 28.7. The van der Waals surface area contributed by atoms with Gasteiger partial charge in [-0.15, -0.1) is 0 Å². The summed E-state index contributed by atoms with van der Waals surface area (Å²) < 4.78 is 14.6. The zero-order valence-electron chi connectivity index (χ0n) is 18.6. The number of hydrogen-bond acceptors (Lipinski definition) is 4. The number of amides is 1. The van der Waals surface area contributed by atoms with E-state index in [-0.39, 0.29) is 42.9 Å². The lowest BCUT2D eigenvalue weighted by atomic mass is 9.78. The monoisotopic (exact) mass is 456 g/mol. The molecule has 0 radical (unpaired) electrons. The molecule has 1 heterocycles. The SMILES string of the molecule is O=C1CC(c2ccccc2F)CC2=C1C(c1ccccc1)N(C(=O)CCO)c1ccccc1N2. The van der Waals surface area contributed by atoms with Crippen molar-refractivity contribution in [2.45, 2.75) is 31.2 Å². The van der Waals surface area contributed by atoms with E-state index in [0.29, 0.717) is 34.6 Å². The molecule has 5 rings (SSSR count). The van der Waals surface area contributed by atoms with E-state index < -0.39 is 6.04 Å². The van der Waals surface area contributed by atoms with Crippen molar-refractivity contribution in [1.82, 2.24) is 0 Å². The highest BCUT2D eigenvalue weighted by Crippen LogP contribution is 2.47. The average molecular weight is 457 g/mol. The van der Waals surface area contributed by atoms with Crippen molar-refractivity contribution in [3.63, 3.8) is 0 Å². The number of rotatable bonds is 4. The third-order valence-electron chi connectivity index (χ3n) is 6.54. The summed E-state index contributed by atoms with van der Waals surface area (Å²) in [6, 6.07) is 22.8. The van der Waals surface area contributed by atoms with Gasteiger partial charge < -0.3 is 10.4 Å². The van der Waals surface area contributed by atoms with E-state index in [1.54, 1.807) is 23.1 Å². The van der Waals surface area contributed by atoms with E-state index >= 15 is 0 Å². The first kappa shape index (κ1) is 22.0. The number of carbonyl (C=O) groups excluding carboxylic acids is 2. The number of anilines is 2. The highest BCUT2D eigenvalue weighted by atomic mass is 19.1. The number of benzene rings is 3. The third-order valence-corrected chi connectivity index (χ3v) is 6.54. The fourth-order valence-electron chi connectivity index (χ4n) is 5.06. The van der Waals surface area contributed by atoms with Crippen LogP contribution >= 0.6 is 0 Å². The number of aliphatic hydroxyl groups excluding tert-OH is 1. The van der Waals surface area contributed by atoms with Crippen LogP contribution < -0.4 is 10.2 Å². The van der Waals surface area contributed by atoms with E-state index in [0.717, 1.165) is 5.56 Å². The summed E-state index contributed by atoms with van der Waals surface area (Å²) in [5.74, 6) is -1.02. The largest absolute Gasteiger partial charge is 0.396 e. The van der Waals surface area contributed by atoms with Crippen LogP contribution in [0.15, 0.2) is 90.1 Å². The minimum absolute atomic E-state index is 0.0632. The van der Waals surface area contributed by atoms with Gasteiger partial charge in [-0.25, -0.2) is 4.39 Å². The van der Waals surface area contributed by atoms with Crippen LogP contribution in [0, 0.1) is 5.82 Å². The van der Waals surface area contributed by atoms with Gasteiger partial charge in [0.2, 0.25) is 5.91 Å². The Morgan fingerprint density at radius 3 is 2.44 bits per heavy atom. The predicted octanol–water partition coefficient (Wildman–Crippen LogP) is 5.11. The minimum atomic E-state index is -0.652. The number of Topliss-reactive ketones (excluding diaryl/α,β-unsaturated/α-hetero) is 1. The molecule has 172 valence electrons. The van der Waals surface area contributed by atoms with Crippen LogP contribution in [0.25, 0.3) is 0 Å². The molecule has 1 amide bonds. The van der Waals surface area contributed by atoms with Gasteiger partial charge in [-0.3, -0.25) is 14.5 Å². The Morgan fingerprint density at radius 2 is 1.68 bits per heavy atom. The lowest BCUT2D eigenvalue weighted by Crippen LogP contribution is -2.38. The first-order chi connectivity index (χ1) is 16.6. The molecule has 34 heavy (non-hydrogen) atoms. The maximum atomic E-state index is 14.6. The smallest absolute Gasteiger partial charge is 0.230 e. The predicted molar refractivity (Wildman–Crippen MR) is 129 cm³/mol. The fraction of sp³-hybridized carbons (Fsp3) is 0.214. The van der Waals surface area contributed by atoms with E-state index in [1.807, 2.05) is 54.6 Å². The van der Waals surface area contributed by atoms with Gasteiger partial charge in [-0.2, -0.15) is 0 Å². The number of aliphatic hydroxyl groups is 1. The number of para-hydroxylation sites is 2. The van der Waals surface area contributed by atoms with Gasteiger partial charge in [0.1, 0.15) is 5.82 Å². The third kappa shape index (κ3) is 3.90. The summed E-state index contributed by atoms with van der Waals surface area (Å²) >= 11 is 0. The second kappa shape index (κ2) is 9.23. The van der Waals surface area contributed by atoms with Crippen LogP contribution in [0.1, 0.15) is 42.3 Å². The molecule has 6 heteroatoms. The Bertz CT molecular complexity index is 1270. The lowest BCUT2D eigenvalue weighted by molar-refractivity contribution is -0.119. The Labute approximate surface area is 197 Å². The number of ketones is 1. The fourth-order valence-corrected chi connectivity index (χ4v) is 5.06. The molecule has 3 aromatic rings. The highest BCUT2D eigenvalue weighted by molar-refractivity contribution is 6.06. The van der Waals surface area contributed by atoms with Crippen LogP contribution in [0.3, 0.4) is 0 Å². The van der Waals surface area contributed by atoms with Crippen LogP contribution in [-0.4, -0.2) is 23.4 Å². The van der Waals surface area contributed by atoms with Crippen LogP contribution in [0.5, 0.6) is 0 Å². The van der Waals surface area contributed by atoms with Crippen molar-refractivity contribution >= 4 is 23.1 Å². The summed E-state index contributed by atoms with van der Waals surface area (Å²) in [6.45, 7) is -0.290. The van der Waals surface area contributed by atoms with E-state index in [1.165, 1.54) is 6.07 Å². The van der Waals surface area contributed by atoms with Crippen molar-refractivity contribution in [3.8, 4) is 0 Å². The highest BCUT2D eigenvalue weighted by Gasteiger charge is 2.41. The molecule has 0 spiro atoms. The molecule has 0 aromatic heterocycles. The molecule has 2 atom stereocenters. The quantitative estimate of drug-likeness (QED) is 0.573. The molecule has 5 nitrogen and oxygen atoms in total. The van der Waals surface area contributed by atoms with Crippen molar-refractivity contribution in [1.29, 1.82) is 0 Å². The second-order valence-corrected chi connectivity index (χ2v) is 8.63. The summed E-state index contributed by atoms with van der Waals surface area (Å²) in [6.07, 6.45) is 0.539. The zero-order chi connectivity index (χ0) is 23.7. The Hall–Kier alpha value is -3.77. The van der Waals surface area contributed by atoms with Gasteiger partial charge in [-0.1, -0.05) is 60.7 Å². The average Bonchev–Trinajstić information content (AvgIpc) is 2.99. The number of carbonyl (C=O) groups is 2. The number of hydrogen-bond donors (Lipinski definition) is 2. The van der Waals surface area contributed by atoms with Crippen LogP contribution in [0.4, 0.5) is 15.8 Å². The van der Waals surface area contributed by atoms with Crippen molar-refractivity contribution in [2.75, 3.05) is 16.8 Å². The van der Waals surface area contributed by atoms with Crippen LogP contribution in [-0.2, 0) is 9.59 Å². The summed E-state index contributed by atoms with van der Waals surface area (Å²) in [5.41, 5.74) is 3.87. The standard InChI is InChI=1S/C28H25FN2O3/c29-21-11-5-4-10-20(21)19-16-23-27(25(33)17-19)28(18-8-2-1-3-9-18)31(26(34)14-15-32)24-13-7-6-12-22(24)30-23/h1-13,19,28,30,32H,14-17H2. The van der Waals surface area contributed by atoms with Gasteiger partial charge in [-0.05, 0) is 41.7 Å². The Balaban J connectivity index is 1.70. The number of nitrogens with zero attached hydrogens (tertiary/aromatic N) is 1. The Morgan fingerprint density at radius 1 is 0.971 bits per heavy atom. The number of allylic oxidation sites excluding steroid dienone is 1. The van der Waals surface area contributed by atoms with Gasteiger partial charge in [0.25, 0.3) is 0 Å². The molecule has 2 unspecified atom stereocenters. The molecular weight excluding hydrogens is 431 g/mol. The maximum absolute atomic E-state index is 14.6. The van der Waals surface area contributed by atoms with Gasteiger partial charge in [0.05, 0.1) is 30.4 Å². The molecule has 0 saturated heterocycles. The molecule has 3 aromatic carbocycles. The van der Waals surface area contributed by atoms with Gasteiger partial charge in [0.15, 0.2) is 5.78 Å². The maximum Gasteiger partial charge on any atom is 0.230 e.